The minimum atomic E-state index is -0.114. The van der Waals surface area contributed by atoms with Gasteiger partial charge in [0.1, 0.15) is 5.75 Å². The smallest absolute Gasteiger partial charge is 0.200 e. The highest BCUT2D eigenvalue weighted by atomic mass is 35.5. The SMILES string of the molecule is O=C(COc1ccc(/C=N/Nc2ccnc3cc(Cl)ccc23)cc1)c1ccc(Cl)cc1. The predicted molar refractivity (Wildman–Crippen MR) is 126 cm³/mol. The van der Waals surface area contributed by atoms with E-state index in [2.05, 4.69) is 15.5 Å². The highest BCUT2D eigenvalue weighted by molar-refractivity contribution is 6.31. The molecule has 0 fully saturated rings. The molecular weight excluding hydrogens is 433 g/mol. The van der Waals surface area contributed by atoms with Crippen LogP contribution < -0.4 is 10.2 Å². The Hall–Kier alpha value is -3.41. The molecule has 5 nitrogen and oxygen atoms in total. The van der Waals surface area contributed by atoms with E-state index in [1.165, 1.54) is 0 Å². The van der Waals surface area contributed by atoms with Gasteiger partial charge in [-0.2, -0.15) is 5.10 Å². The van der Waals surface area contributed by atoms with Crippen LogP contribution in [0, 0.1) is 0 Å². The third-order valence-electron chi connectivity index (χ3n) is 4.52. The Kier molecular flexibility index (Phi) is 6.46. The van der Waals surface area contributed by atoms with E-state index in [-0.39, 0.29) is 12.4 Å². The molecule has 0 atom stereocenters. The van der Waals surface area contributed by atoms with Gasteiger partial charge >= 0.3 is 0 Å². The highest BCUT2D eigenvalue weighted by Crippen LogP contribution is 2.24. The summed E-state index contributed by atoms with van der Waals surface area (Å²) >= 11 is 11.9. The second-order valence-electron chi connectivity index (χ2n) is 6.68. The first-order valence-electron chi connectivity index (χ1n) is 9.43. The van der Waals surface area contributed by atoms with Crippen LogP contribution in [0.15, 0.2) is 84.1 Å². The lowest BCUT2D eigenvalue weighted by Gasteiger charge is -2.06. The van der Waals surface area contributed by atoms with Gasteiger partial charge in [-0.3, -0.25) is 15.2 Å². The lowest BCUT2D eigenvalue weighted by atomic mass is 10.1. The van der Waals surface area contributed by atoms with Gasteiger partial charge in [-0.15, -0.1) is 0 Å². The summed E-state index contributed by atoms with van der Waals surface area (Å²) in [6.45, 7) is -0.0459. The van der Waals surface area contributed by atoms with Crippen LogP contribution in [0.2, 0.25) is 10.0 Å². The molecule has 4 rings (SSSR count). The second-order valence-corrected chi connectivity index (χ2v) is 7.55. The quantitative estimate of drug-likeness (QED) is 0.205. The largest absolute Gasteiger partial charge is 0.485 e. The van der Waals surface area contributed by atoms with Crippen molar-refractivity contribution < 1.29 is 9.53 Å². The molecule has 0 saturated carbocycles. The summed E-state index contributed by atoms with van der Waals surface area (Å²) in [5, 5.41) is 6.45. The molecule has 3 aromatic carbocycles. The third kappa shape index (κ3) is 5.40. The molecule has 0 radical (unpaired) electrons. The van der Waals surface area contributed by atoms with E-state index in [0.717, 1.165) is 22.2 Å². The topological polar surface area (TPSA) is 63.6 Å². The Morgan fingerprint density at radius 1 is 0.968 bits per heavy atom. The maximum absolute atomic E-state index is 12.2. The number of aromatic nitrogens is 1. The summed E-state index contributed by atoms with van der Waals surface area (Å²) in [5.41, 5.74) is 6.10. The molecule has 0 unspecified atom stereocenters. The van der Waals surface area contributed by atoms with Gasteiger partial charge in [-0.25, -0.2) is 0 Å². The summed E-state index contributed by atoms with van der Waals surface area (Å²) in [4.78, 5) is 16.5. The van der Waals surface area contributed by atoms with Crippen molar-refractivity contribution in [3.05, 3.63) is 100 Å². The standard InChI is InChI=1S/C24H17Cl2N3O2/c25-18-5-3-17(4-6-18)24(30)15-31-20-8-1-16(2-9-20)14-28-29-22-11-12-27-23-13-19(26)7-10-21(22)23/h1-14H,15H2,(H,27,29)/b28-14+. The lowest BCUT2D eigenvalue weighted by molar-refractivity contribution is 0.0921. The van der Waals surface area contributed by atoms with Crippen molar-refractivity contribution in [3.8, 4) is 5.75 Å². The van der Waals surface area contributed by atoms with E-state index >= 15 is 0 Å². The van der Waals surface area contributed by atoms with Crippen LogP contribution in [-0.2, 0) is 0 Å². The van der Waals surface area contributed by atoms with Gasteiger partial charge in [-0.05, 0) is 78.4 Å². The number of pyridine rings is 1. The number of ether oxygens (including phenoxy) is 1. The first kappa shape index (κ1) is 20.8. The molecule has 0 spiro atoms. The molecule has 0 aliphatic carbocycles. The molecule has 0 aliphatic heterocycles. The molecule has 154 valence electrons. The molecule has 7 heteroatoms. The minimum absolute atomic E-state index is 0.0459. The van der Waals surface area contributed by atoms with Crippen LogP contribution in [0.4, 0.5) is 5.69 Å². The van der Waals surface area contributed by atoms with Gasteiger partial charge in [0.05, 0.1) is 17.4 Å². The van der Waals surface area contributed by atoms with Gasteiger partial charge in [0.25, 0.3) is 0 Å². The van der Waals surface area contributed by atoms with Crippen LogP contribution >= 0.6 is 23.2 Å². The van der Waals surface area contributed by atoms with E-state index in [0.29, 0.717) is 21.4 Å². The Bertz CT molecular complexity index is 1240. The summed E-state index contributed by atoms with van der Waals surface area (Å²) < 4.78 is 5.58. The molecule has 4 aromatic rings. The number of carbonyl (C=O) groups is 1. The van der Waals surface area contributed by atoms with E-state index in [9.17, 15) is 4.79 Å². The van der Waals surface area contributed by atoms with Crippen molar-refractivity contribution in [2.45, 2.75) is 0 Å². The van der Waals surface area contributed by atoms with Crippen LogP contribution in [0.25, 0.3) is 10.9 Å². The summed E-state index contributed by atoms with van der Waals surface area (Å²) in [6, 6.07) is 21.4. The number of fused-ring (bicyclic) bond motifs is 1. The van der Waals surface area contributed by atoms with E-state index in [1.54, 1.807) is 48.8 Å². The van der Waals surface area contributed by atoms with Gasteiger partial charge in [0.15, 0.2) is 12.4 Å². The highest BCUT2D eigenvalue weighted by Gasteiger charge is 2.07. The number of nitrogens with one attached hydrogen (secondary N) is 1. The summed E-state index contributed by atoms with van der Waals surface area (Å²) in [5.74, 6) is 0.488. The number of carbonyl (C=O) groups excluding carboxylic acids is 1. The molecule has 1 aromatic heterocycles. The van der Waals surface area contributed by atoms with Gasteiger partial charge in [0.2, 0.25) is 0 Å². The monoisotopic (exact) mass is 449 g/mol. The van der Waals surface area contributed by atoms with Crippen molar-refractivity contribution in [2.75, 3.05) is 12.0 Å². The fourth-order valence-electron chi connectivity index (χ4n) is 2.91. The third-order valence-corrected chi connectivity index (χ3v) is 5.01. The van der Waals surface area contributed by atoms with Crippen LogP contribution in [0.1, 0.15) is 15.9 Å². The lowest BCUT2D eigenvalue weighted by Crippen LogP contribution is -2.11. The van der Waals surface area contributed by atoms with Gasteiger partial charge in [0, 0.05) is 27.2 Å². The maximum atomic E-state index is 12.2. The number of ketones is 1. The van der Waals surface area contributed by atoms with Crippen LogP contribution in [0.5, 0.6) is 5.75 Å². The average Bonchev–Trinajstić information content (AvgIpc) is 2.78. The molecule has 0 aliphatic rings. The van der Waals surface area contributed by atoms with Crippen molar-refractivity contribution >= 4 is 51.8 Å². The number of rotatable bonds is 7. The minimum Gasteiger partial charge on any atom is -0.485 e. The molecule has 1 heterocycles. The predicted octanol–water partition coefficient (Wildman–Crippen LogP) is 6.25. The molecule has 0 amide bonds. The summed E-state index contributed by atoms with van der Waals surface area (Å²) in [6.07, 6.45) is 3.40. The number of Topliss-reactive ketones (excluding diaryl/α,β-unsaturated/α-hetero) is 1. The Morgan fingerprint density at radius 3 is 2.48 bits per heavy atom. The maximum Gasteiger partial charge on any atom is 0.200 e. The number of benzene rings is 3. The molecule has 1 N–H and O–H groups in total. The zero-order valence-corrected chi connectivity index (χ0v) is 17.8. The number of halogens is 2. The average molecular weight is 450 g/mol. The first-order valence-corrected chi connectivity index (χ1v) is 10.2. The van der Waals surface area contributed by atoms with Crippen molar-refractivity contribution in [2.24, 2.45) is 5.10 Å². The number of hydrogen-bond donors (Lipinski definition) is 1. The van der Waals surface area contributed by atoms with Gasteiger partial charge in [-0.1, -0.05) is 23.2 Å². The molecule has 31 heavy (non-hydrogen) atoms. The second kappa shape index (κ2) is 9.60. The molecule has 0 bridgehead atoms. The number of hydrogen-bond acceptors (Lipinski definition) is 5. The normalized spacial score (nSPS) is 11.0. The van der Waals surface area contributed by atoms with Crippen molar-refractivity contribution in [1.82, 2.24) is 4.98 Å². The summed E-state index contributed by atoms with van der Waals surface area (Å²) in [7, 11) is 0. The zero-order chi connectivity index (χ0) is 21.6. The number of nitrogens with zero attached hydrogens (tertiary/aromatic N) is 2. The fourth-order valence-corrected chi connectivity index (χ4v) is 3.21. The van der Waals surface area contributed by atoms with Crippen molar-refractivity contribution in [3.63, 3.8) is 0 Å². The Morgan fingerprint density at radius 2 is 1.71 bits per heavy atom. The zero-order valence-electron chi connectivity index (χ0n) is 16.3. The van der Waals surface area contributed by atoms with Crippen molar-refractivity contribution in [1.29, 1.82) is 0 Å². The van der Waals surface area contributed by atoms with Crippen LogP contribution in [0.3, 0.4) is 0 Å². The van der Waals surface area contributed by atoms with E-state index in [4.69, 9.17) is 27.9 Å². The molecule has 0 saturated heterocycles. The Labute approximate surface area is 189 Å². The fraction of sp³-hybridized carbons (Fsp3) is 0.0417. The first-order chi connectivity index (χ1) is 15.1. The number of anilines is 1. The molecular formula is C24H17Cl2N3O2. The Balaban J connectivity index is 1.35. The van der Waals surface area contributed by atoms with Gasteiger partial charge < -0.3 is 4.74 Å². The van der Waals surface area contributed by atoms with Crippen LogP contribution in [-0.4, -0.2) is 23.6 Å². The van der Waals surface area contributed by atoms with E-state index in [1.807, 2.05) is 36.4 Å². The number of hydrazone groups is 1. The van der Waals surface area contributed by atoms with E-state index < -0.39 is 0 Å².